The van der Waals surface area contributed by atoms with Gasteiger partial charge in [-0.25, -0.2) is 0 Å². The summed E-state index contributed by atoms with van der Waals surface area (Å²) in [7, 11) is 0. The van der Waals surface area contributed by atoms with Gasteiger partial charge in [0.05, 0.1) is 11.3 Å². The number of allylic oxidation sites excluding steroid dienone is 1. The molecule has 0 amide bonds. The zero-order chi connectivity index (χ0) is 13.8. The first-order valence-corrected chi connectivity index (χ1v) is 6.72. The monoisotopic (exact) mass is 258 g/mol. The van der Waals surface area contributed by atoms with Gasteiger partial charge in [0.1, 0.15) is 11.8 Å². The lowest BCUT2D eigenvalue weighted by molar-refractivity contribution is -0.119. The van der Waals surface area contributed by atoms with Crippen LogP contribution in [0.3, 0.4) is 0 Å². The molecular formula is C15H18N2O2. The zero-order valence-corrected chi connectivity index (χ0v) is 11.4. The van der Waals surface area contributed by atoms with Crippen molar-refractivity contribution in [1.29, 1.82) is 5.26 Å². The van der Waals surface area contributed by atoms with Gasteiger partial charge in [-0.05, 0) is 32.8 Å². The number of aryl methyl sites for hydroxylation is 2. The molecule has 4 nitrogen and oxygen atoms in total. The van der Waals surface area contributed by atoms with Crippen molar-refractivity contribution in [2.75, 3.05) is 0 Å². The molecule has 19 heavy (non-hydrogen) atoms. The van der Waals surface area contributed by atoms with Gasteiger partial charge in [0.25, 0.3) is 0 Å². The summed E-state index contributed by atoms with van der Waals surface area (Å²) in [6.45, 7) is 3.59. The van der Waals surface area contributed by atoms with Gasteiger partial charge in [0.2, 0.25) is 0 Å². The Kier molecular flexibility index (Phi) is 4.16. The van der Waals surface area contributed by atoms with Crippen molar-refractivity contribution in [3.63, 3.8) is 0 Å². The lowest BCUT2D eigenvalue weighted by Crippen LogP contribution is -2.19. The molecule has 0 spiro atoms. The summed E-state index contributed by atoms with van der Waals surface area (Å²) in [6, 6.07) is 2.03. The molecule has 1 aromatic heterocycles. The first kappa shape index (κ1) is 13.5. The number of hydrogen-bond donors (Lipinski definition) is 0. The molecule has 0 saturated heterocycles. The molecular weight excluding hydrogens is 240 g/mol. The van der Waals surface area contributed by atoms with Crippen LogP contribution in [0.5, 0.6) is 0 Å². The van der Waals surface area contributed by atoms with E-state index in [2.05, 4.69) is 5.16 Å². The molecule has 100 valence electrons. The van der Waals surface area contributed by atoms with E-state index in [1.165, 1.54) is 6.42 Å². The average molecular weight is 258 g/mol. The molecule has 1 aliphatic rings. The van der Waals surface area contributed by atoms with Crippen LogP contribution in [-0.4, -0.2) is 10.9 Å². The topological polar surface area (TPSA) is 66.9 Å². The van der Waals surface area contributed by atoms with Crippen LogP contribution in [-0.2, 0) is 4.79 Å². The highest BCUT2D eigenvalue weighted by Gasteiger charge is 2.24. The summed E-state index contributed by atoms with van der Waals surface area (Å²) in [5, 5.41) is 13.1. The van der Waals surface area contributed by atoms with Crippen molar-refractivity contribution in [2.24, 2.45) is 5.92 Å². The molecule has 1 fully saturated rings. The number of Topliss-reactive ketones (excluding diaryl/α,β-unsaturated/α-hetero) is 1. The highest BCUT2D eigenvalue weighted by molar-refractivity contribution is 6.04. The molecule has 0 atom stereocenters. The van der Waals surface area contributed by atoms with Crippen LogP contribution in [0, 0.1) is 31.1 Å². The summed E-state index contributed by atoms with van der Waals surface area (Å²) in [4.78, 5) is 12.3. The maximum Gasteiger partial charge on any atom is 0.176 e. The Hall–Kier alpha value is -1.89. The third-order valence-corrected chi connectivity index (χ3v) is 3.74. The highest BCUT2D eigenvalue weighted by Crippen LogP contribution is 2.27. The van der Waals surface area contributed by atoms with E-state index >= 15 is 0 Å². The van der Waals surface area contributed by atoms with E-state index in [4.69, 9.17) is 4.52 Å². The maximum absolute atomic E-state index is 12.3. The number of rotatable bonds is 3. The fraction of sp³-hybridized carbons (Fsp3) is 0.533. The molecule has 0 aliphatic heterocycles. The fourth-order valence-corrected chi connectivity index (χ4v) is 2.58. The van der Waals surface area contributed by atoms with Crippen molar-refractivity contribution in [2.45, 2.75) is 46.0 Å². The van der Waals surface area contributed by atoms with Gasteiger partial charge in [0, 0.05) is 11.5 Å². The van der Waals surface area contributed by atoms with Crippen LogP contribution in [0.4, 0.5) is 0 Å². The maximum atomic E-state index is 12.3. The van der Waals surface area contributed by atoms with E-state index in [1.54, 1.807) is 13.0 Å². The second-order valence-electron chi connectivity index (χ2n) is 5.11. The van der Waals surface area contributed by atoms with Gasteiger partial charge in [-0.1, -0.05) is 24.4 Å². The van der Waals surface area contributed by atoms with Crippen LogP contribution < -0.4 is 0 Å². The third kappa shape index (κ3) is 2.93. The Morgan fingerprint density at radius 2 is 2.05 bits per heavy atom. The molecule has 0 bridgehead atoms. The normalized spacial score (nSPS) is 17.2. The Balaban J connectivity index is 2.25. The fourth-order valence-electron chi connectivity index (χ4n) is 2.58. The molecule has 1 saturated carbocycles. The van der Waals surface area contributed by atoms with Crippen molar-refractivity contribution < 1.29 is 9.32 Å². The van der Waals surface area contributed by atoms with Crippen LogP contribution in [0.25, 0.3) is 6.08 Å². The lowest BCUT2D eigenvalue weighted by Gasteiger charge is -2.19. The molecule has 0 radical (unpaired) electrons. The molecule has 2 rings (SSSR count). The second kappa shape index (κ2) is 5.83. The van der Waals surface area contributed by atoms with Gasteiger partial charge in [-0.15, -0.1) is 0 Å². The minimum atomic E-state index is -0.0257. The van der Waals surface area contributed by atoms with E-state index in [-0.39, 0.29) is 17.3 Å². The summed E-state index contributed by atoms with van der Waals surface area (Å²) >= 11 is 0. The Morgan fingerprint density at radius 3 is 2.58 bits per heavy atom. The van der Waals surface area contributed by atoms with Gasteiger partial charge in [-0.2, -0.15) is 5.26 Å². The number of aromatic nitrogens is 1. The van der Waals surface area contributed by atoms with Gasteiger partial charge in [-0.3, -0.25) is 4.79 Å². The molecule has 0 N–H and O–H groups in total. The van der Waals surface area contributed by atoms with E-state index in [9.17, 15) is 10.1 Å². The minimum Gasteiger partial charge on any atom is -0.361 e. The standard InChI is InChI=1S/C15H18N2O2/c1-10-14(11(2)19-17-10)8-13(9-16)15(18)12-6-4-3-5-7-12/h8,12H,3-7H2,1-2H3. The second-order valence-corrected chi connectivity index (χ2v) is 5.11. The van der Waals surface area contributed by atoms with E-state index in [0.717, 1.165) is 31.2 Å². The van der Waals surface area contributed by atoms with Crippen LogP contribution in [0.15, 0.2) is 10.1 Å². The number of carbonyl (C=O) groups excluding carboxylic acids is 1. The van der Waals surface area contributed by atoms with E-state index in [1.807, 2.05) is 13.0 Å². The SMILES string of the molecule is Cc1noc(C)c1C=C(C#N)C(=O)C1CCCCC1. The average Bonchev–Trinajstić information content (AvgIpc) is 2.76. The van der Waals surface area contributed by atoms with E-state index < -0.39 is 0 Å². The summed E-state index contributed by atoms with van der Waals surface area (Å²) < 4.78 is 5.05. The Labute approximate surface area is 113 Å². The number of nitriles is 1. The van der Waals surface area contributed by atoms with E-state index in [0.29, 0.717) is 11.5 Å². The molecule has 0 aromatic carbocycles. The number of nitrogens with zero attached hydrogens (tertiary/aromatic N) is 2. The first-order chi connectivity index (χ1) is 9.13. The lowest BCUT2D eigenvalue weighted by atomic mass is 9.83. The summed E-state index contributed by atoms with van der Waals surface area (Å²) in [5.74, 6) is 0.629. The zero-order valence-electron chi connectivity index (χ0n) is 11.4. The molecule has 1 aliphatic carbocycles. The van der Waals surface area contributed by atoms with Crippen LogP contribution >= 0.6 is 0 Å². The molecule has 0 unspecified atom stereocenters. The number of carbonyl (C=O) groups is 1. The smallest absolute Gasteiger partial charge is 0.176 e. The van der Waals surface area contributed by atoms with Crippen LogP contribution in [0.2, 0.25) is 0 Å². The van der Waals surface area contributed by atoms with Crippen molar-refractivity contribution in [1.82, 2.24) is 5.16 Å². The Morgan fingerprint density at radius 1 is 1.37 bits per heavy atom. The minimum absolute atomic E-state index is 0.0140. The highest BCUT2D eigenvalue weighted by atomic mass is 16.5. The predicted octanol–water partition coefficient (Wildman–Crippen LogP) is 3.35. The van der Waals surface area contributed by atoms with Gasteiger partial charge in [0.15, 0.2) is 5.78 Å². The molecule has 1 aromatic rings. The summed E-state index contributed by atoms with van der Waals surface area (Å²) in [5.41, 5.74) is 1.68. The molecule has 1 heterocycles. The van der Waals surface area contributed by atoms with Gasteiger partial charge < -0.3 is 4.52 Å². The van der Waals surface area contributed by atoms with Gasteiger partial charge >= 0.3 is 0 Å². The third-order valence-electron chi connectivity index (χ3n) is 3.74. The number of ketones is 1. The molecule has 4 heteroatoms. The van der Waals surface area contributed by atoms with Crippen molar-refractivity contribution >= 4 is 11.9 Å². The summed E-state index contributed by atoms with van der Waals surface area (Å²) in [6.07, 6.45) is 6.79. The first-order valence-electron chi connectivity index (χ1n) is 6.72. The number of hydrogen-bond acceptors (Lipinski definition) is 4. The van der Waals surface area contributed by atoms with Crippen molar-refractivity contribution in [3.05, 3.63) is 22.6 Å². The Bertz CT molecular complexity index is 523. The van der Waals surface area contributed by atoms with Crippen LogP contribution in [0.1, 0.15) is 49.1 Å². The largest absolute Gasteiger partial charge is 0.361 e. The predicted molar refractivity (Wildman–Crippen MR) is 71.1 cm³/mol. The van der Waals surface area contributed by atoms with Crippen molar-refractivity contribution in [3.8, 4) is 6.07 Å². The quantitative estimate of drug-likeness (QED) is 0.616.